The summed E-state index contributed by atoms with van der Waals surface area (Å²) in [7, 11) is 0.866. The summed E-state index contributed by atoms with van der Waals surface area (Å²) in [6.07, 6.45) is 16.9. The minimum absolute atomic E-state index is 0.286. The van der Waals surface area contributed by atoms with E-state index in [1.807, 2.05) is 6.08 Å². The maximum atomic E-state index is 5.84. The largest absolute Gasteiger partial charge is 0.502 e. The normalized spacial score (nSPS) is 11.1. The van der Waals surface area contributed by atoms with E-state index in [9.17, 15) is 0 Å². The molecule has 0 saturated carbocycles. The van der Waals surface area contributed by atoms with Crippen LogP contribution in [0.4, 0.5) is 0 Å². The van der Waals surface area contributed by atoms with Crippen molar-refractivity contribution in [1.29, 1.82) is 0 Å². The van der Waals surface area contributed by atoms with Crippen molar-refractivity contribution < 1.29 is 18.0 Å². The molecule has 0 N–H and O–H groups in total. The van der Waals surface area contributed by atoms with Gasteiger partial charge in [0.2, 0.25) is 0 Å². The Bertz CT molecular complexity index is 283. The van der Waals surface area contributed by atoms with Crippen LogP contribution in [-0.2, 0) is 18.0 Å². The fourth-order valence-electron chi connectivity index (χ4n) is 2.60. The standard InChI is InChI=1S/C18H40O4Si.C4H8/c1-5-7-9-10-11-12-13-15-17-23(19-3,20-4)22-18-21-16-14-8-6-2;1-3-4-2/h5-18H2,1-4H3;3H,1,4H2,2H3. The van der Waals surface area contributed by atoms with E-state index in [4.69, 9.17) is 18.0 Å². The lowest BCUT2D eigenvalue weighted by Crippen LogP contribution is -2.44. The van der Waals surface area contributed by atoms with Crippen LogP contribution in [0.15, 0.2) is 12.7 Å². The monoisotopic (exact) mass is 404 g/mol. The Labute approximate surface area is 171 Å². The highest BCUT2D eigenvalue weighted by atomic mass is 28.4. The molecule has 0 radical (unpaired) electrons. The summed E-state index contributed by atoms with van der Waals surface area (Å²) in [5.74, 6) is 0. The van der Waals surface area contributed by atoms with Gasteiger partial charge in [-0.1, -0.05) is 84.6 Å². The molecular weight excluding hydrogens is 356 g/mol. The number of ether oxygens (including phenoxy) is 1. The fraction of sp³-hybridized carbons (Fsp3) is 0.909. The second-order valence-electron chi connectivity index (χ2n) is 6.89. The van der Waals surface area contributed by atoms with Crippen molar-refractivity contribution in [1.82, 2.24) is 0 Å². The predicted octanol–water partition coefficient (Wildman–Crippen LogP) is 7.12. The molecule has 0 atom stereocenters. The molecule has 0 aromatic rings. The third-order valence-electron chi connectivity index (χ3n) is 4.50. The van der Waals surface area contributed by atoms with E-state index >= 15 is 0 Å². The number of unbranched alkanes of at least 4 members (excludes halogenated alkanes) is 9. The van der Waals surface area contributed by atoms with Gasteiger partial charge in [0.05, 0.1) is 0 Å². The van der Waals surface area contributed by atoms with Gasteiger partial charge in [0.15, 0.2) is 0 Å². The summed E-state index contributed by atoms with van der Waals surface area (Å²) in [5, 5.41) is 0. The molecule has 5 heteroatoms. The van der Waals surface area contributed by atoms with Crippen LogP contribution in [0, 0.1) is 0 Å². The second kappa shape index (κ2) is 23.8. The van der Waals surface area contributed by atoms with Gasteiger partial charge < -0.3 is 18.0 Å². The van der Waals surface area contributed by atoms with Gasteiger partial charge >= 0.3 is 8.80 Å². The summed E-state index contributed by atoms with van der Waals surface area (Å²) in [5.41, 5.74) is 0. The lowest BCUT2D eigenvalue weighted by molar-refractivity contribution is -0.0339. The number of allylic oxidation sites excluding steroid dienone is 1. The molecule has 0 aliphatic heterocycles. The van der Waals surface area contributed by atoms with Gasteiger partial charge in [0.1, 0.15) is 6.79 Å². The number of hydrogen-bond donors (Lipinski definition) is 0. The van der Waals surface area contributed by atoms with Gasteiger partial charge in [-0.2, -0.15) is 0 Å². The SMILES string of the molecule is C=CCC.CCCCCCCCCC[Si](OC)(OC)OCOCCCCC. The Kier molecular flexibility index (Phi) is 25.6. The van der Waals surface area contributed by atoms with Crippen LogP contribution in [0.3, 0.4) is 0 Å². The van der Waals surface area contributed by atoms with E-state index in [-0.39, 0.29) is 6.79 Å². The molecule has 4 nitrogen and oxygen atoms in total. The van der Waals surface area contributed by atoms with Crippen LogP contribution in [-0.4, -0.2) is 36.4 Å². The molecular formula is C22H48O4Si. The zero-order valence-electron chi connectivity index (χ0n) is 19.0. The second-order valence-corrected chi connectivity index (χ2v) is 9.86. The highest BCUT2D eigenvalue weighted by Crippen LogP contribution is 2.19. The first kappa shape index (κ1) is 29.0. The minimum Gasteiger partial charge on any atom is -0.377 e. The van der Waals surface area contributed by atoms with Crippen molar-refractivity contribution in [2.75, 3.05) is 27.6 Å². The first-order chi connectivity index (χ1) is 13.2. The van der Waals surface area contributed by atoms with E-state index in [0.717, 1.165) is 31.9 Å². The molecule has 164 valence electrons. The third kappa shape index (κ3) is 20.3. The zero-order valence-corrected chi connectivity index (χ0v) is 20.0. The Morgan fingerprint density at radius 3 is 1.70 bits per heavy atom. The van der Waals surface area contributed by atoms with E-state index in [0.29, 0.717) is 0 Å². The molecule has 0 spiro atoms. The van der Waals surface area contributed by atoms with Crippen LogP contribution in [0.1, 0.15) is 97.8 Å². The molecule has 27 heavy (non-hydrogen) atoms. The smallest absolute Gasteiger partial charge is 0.377 e. The topological polar surface area (TPSA) is 36.9 Å². The third-order valence-corrected chi connectivity index (χ3v) is 7.27. The Balaban J connectivity index is 0. The summed E-state index contributed by atoms with van der Waals surface area (Å²) in [6.45, 7) is 11.0. The lowest BCUT2D eigenvalue weighted by Gasteiger charge is -2.26. The van der Waals surface area contributed by atoms with Crippen LogP contribution >= 0.6 is 0 Å². The molecule has 0 aromatic carbocycles. The Morgan fingerprint density at radius 1 is 0.741 bits per heavy atom. The fourth-order valence-corrected chi connectivity index (χ4v) is 4.50. The average molecular weight is 405 g/mol. The summed E-state index contributed by atoms with van der Waals surface area (Å²) in [6, 6.07) is 0.882. The predicted molar refractivity (Wildman–Crippen MR) is 119 cm³/mol. The van der Waals surface area contributed by atoms with Gasteiger partial charge in [-0.3, -0.25) is 0 Å². The molecule has 0 aliphatic rings. The zero-order chi connectivity index (χ0) is 20.6. The summed E-state index contributed by atoms with van der Waals surface area (Å²) < 4.78 is 22.5. The van der Waals surface area contributed by atoms with Crippen LogP contribution in [0.25, 0.3) is 0 Å². The van der Waals surface area contributed by atoms with Crippen molar-refractivity contribution in [3.05, 3.63) is 12.7 Å². The van der Waals surface area contributed by atoms with Crippen LogP contribution < -0.4 is 0 Å². The molecule has 0 unspecified atom stereocenters. The van der Waals surface area contributed by atoms with Crippen molar-refractivity contribution in [3.8, 4) is 0 Å². The Hall–Kier alpha value is -0.203. The minimum atomic E-state index is -2.52. The molecule has 0 aliphatic carbocycles. The van der Waals surface area contributed by atoms with Gasteiger partial charge in [0.25, 0.3) is 0 Å². The van der Waals surface area contributed by atoms with E-state index < -0.39 is 8.80 Å². The van der Waals surface area contributed by atoms with Gasteiger partial charge in [-0.25, -0.2) is 0 Å². The molecule has 0 heterocycles. The lowest BCUT2D eigenvalue weighted by atomic mass is 10.1. The average Bonchev–Trinajstić information content (AvgIpc) is 2.71. The van der Waals surface area contributed by atoms with Crippen LogP contribution in [0.2, 0.25) is 6.04 Å². The van der Waals surface area contributed by atoms with Gasteiger partial charge in [-0.15, -0.1) is 6.58 Å². The first-order valence-corrected chi connectivity index (χ1v) is 13.0. The number of hydrogen-bond acceptors (Lipinski definition) is 4. The molecule has 0 fully saturated rings. The maximum absolute atomic E-state index is 5.84. The maximum Gasteiger partial charge on any atom is 0.502 e. The molecule has 0 bridgehead atoms. The first-order valence-electron chi connectivity index (χ1n) is 11.1. The molecule has 0 saturated heterocycles. The van der Waals surface area contributed by atoms with Crippen LogP contribution in [0.5, 0.6) is 0 Å². The van der Waals surface area contributed by atoms with E-state index in [1.54, 1.807) is 14.2 Å². The van der Waals surface area contributed by atoms with E-state index in [1.165, 1.54) is 57.8 Å². The quantitative estimate of drug-likeness (QED) is 0.0993. The number of rotatable bonds is 19. The summed E-state index contributed by atoms with van der Waals surface area (Å²) in [4.78, 5) is 0. The highest BCUT2D eigenvalue weighted by molar-refractivity contribution is 6.60. The molecule has 0 aromatic heterocycles. The van der Waals surface area contributed by atoms with Crippen molar-refractivity contribution in [2.45, 2.75) is 104 Å². The molecule has 0 amide bonds. The molecule has 0 rings (SSSR count). The van der Waals surface area contributed by atoms with Crippen molar-refractivity contribution in [3.63, 3.8) is 0 Å². The Morgan fingerprint density at radius 2 is 1.22 bits per heavy atom. The van der Waals surface area contributed by atoms with Crippen molar-refractivity contribution in [2.24, 2.45) is 0 Å². The van der Waals surface area contributed by atoms with E-state index in [2.05, 4.69) is 27.4 Å². The highest BCUT2D eigenvalue weighted by Gasteiger charge is 2.38. The summed E-state index contributed by atoms with van der Waals surface area (Å²) >= 11 is 0. The van der Waals surface area contributed by atoms with Crippen molar-refractivity contribution >= 4 is 8.80 Å². The van der Waals surface area contributed by atoms with Gasteiger partial charge in [-0.05, 0) is 19.3 Å². The van der Waals surface area contributed by atoms with Gasteiger partial charge in [0, 0.05) is 26.9 Å².